The molecule has 5 N–H and O–H groups in total. The van der Waals surface area contributed by atoms with Crippen molar-refractivity contribution in [1.29, 1.82) is 0 Å². The van der Waals surface area contributed by atoms with Crippen molar-refractivity contribution in [2.24, 2.45) is 5.73 Å². The highest BCUT2D eigenvalue weighted by Gasteiger charge is 2.19. The summed E-state index contributed by atoms with van der Waals surface area (Å²) in [6.07, 6.45) is 4.66. The molecule has 0 aliphatic carbocycles. The third-order valence-corrected chi connectivity index (χ3v) is 7.29. The number of likely N-dealkylation sites (tertiary alicyclic amines) is 1. The Morgan fingerprint density at radius 1 is 1.08 bits per heavy atom. The normalized spacial score (nSPS) is 19.5. The molecule has 1 unspecified atom stereocenters. The van der Waals surface area contributed by atoms with Gasteiger partial charge in [0.05, 0.1) is 24.3 Å². The van der Waals surface area contributed by atoms with Crippen LogP contribution in [0, 0.1) is 0 Å². The molecule has 5 heterocycles. The average molecular weight is 515 g/mol. The molecule has 0 amide bonds. The van der Waals surface area contributed by atoms with Crippen molar-refractivity contribution in [3.8, 4) is 11.3 Å². The van der Waals surface area contributed by atoms with Crippen LogP contribution in [0.1, 0.15) is 30.3 Å². The number of aliphatic hydroxyl groups excluding tert-OH is 1. The molecule has 1 aromatic carbocycles. The number of morpholine rings is 1. The van der Waals surface area contributed by atoms with Gasteiger partial charge in [0.2, 0.25) is 0 Å². The number of fused-ring (bicyclic) bond motifs is 1. The Kier molecular flexibility index (Phi) is 7.19. The lowest BCUT2D eigenvalue weighted by molar-refractivity contribution is 0.122. The molecule has 2 fully saturated rings. The van der Waals surface area contributed by atoms with Crippen LogP contribution in [0.3, 0.4) is 0 Å². The van der Waals surface area contributed by atoms with E-state index in [-0.39, 0.29) is 6.04 Å². The lowest BCUT2D eigenvalue weighted by atomic mass is 10.1. The van der Waals surface area contributed by atoms with Gasteiger partial charge in [-0.3, -0.25) is 9.88 Å². The van der Waals surface area contributed by atoms with Crippen molar-refractivity contribution in [3.63, 3.8) is 0 Å². The van der Waals surface area contributed by atoms with Crippen molar-refractivity contribution in [2.75, 3.05) is 49.6 Å². The molecular formula is C28H34N8O2. The Labute approximate surface area is 221 Å². The molecule has 2 aliphatic rings. The standard InChI is InChI=1S/C28H34N8O2/c29-21-2-1-9-35(17-21)16-19-7-8-30-25(14-19)28(37)33-22-5-3-20(4-6-22)24-15-23-26(34-24)31-18-32-27(23)36-10-12-38-13-11-36/h3-8,14-15,18,21,28,33,37H,1-2,9-13,16-17,29H2,(H,31,32,34)/t21-,28?/m1/s1. The first-order valence-electron chi connectivity index (χ1n) is 13.3. The summed E-state index contributed by atoms with van der Waals surface area (Å²) >= 11 is 0. The van der Waals surface area contributed by atoms with E-state index in [9.17, 15) is 5.11 Å². The number of aliphatic hydroxyl groups is 1. The van der Waals surface area contributed by atoms with Crippen LogP contribution < -0.4 is 16.0 Å². The van der Waals surface area contributed by atoms with E-state index in [4.69, 9.17) is 10.5 Å². The van der Waals surface area contributed by atoms with Gasteiger partial charge >= 0.3 is 0 Å². The molecule has 0 radical (unpaired) electrons. The molecule has 6 rings (SSSR count). The molecular weight excluding hydrogens is 480 g/mol. The zero-order chi connectivity index (χ0) is 25.9. The number of pyridine rings is 1. The van der Waals surface area contributed by atoms with Gasteiger partial charge in [-0.1, -0.05) is 12.1 Å². The summed E-state index contributed by atoms with van der Waals surface area (Å²) in [4.78, 5) is 21.4. The number of nitrogens with one attached hydrogen (secondary N) is 2. The first kappa shape index (κ1) is 24.7. The topological polar surface area (TPSA) is 128 Å². The summed E-state index contributed by atoms with van der Waals surface area (Å²) in [6, 6.07) is 14.3. The van der Waals surface area contributed by atoms with Gasteiger partial charge in [0.1, 0.15) is 17.8 Å². The van der Waals surface area contributed by atoms with Crippen LogP contribution in [0.15, 0.2) is 55.0 Å². The number of hydrogen-bond donors (Lipinski definition) is 4. The van der Waals surface area contributed by atoms with E-state index in [1.165, 1.54) is 0 Å². The number of aromatic nitrogens is 4. The molecule has 2 saturated heterocycles. The molecule has 2 atom stereocenters. The number of hydrogen-bond acceptors (Lipinski definition) is 9. The molecule has 3 aromatic heterocycles. The third kappa shape index (κ3) is 5.48. The maximum atomic E-state index is 10.8. The quantitative estimate of drug-likeness (QED) is 0.275. The maximum Gasteiger partial charge on any atom is 0.168 e. The van der Waals surface area contributed by atoms with Gasteiger partial charge in [-0.15, -0.1) is 0 Å². The van der Waals surface area contributed by atoms with Crippen LogP contribution in [-0.2, 0) is 11.3 Å². The van der Waals surface area contributed by atoms with Crippen molar-refractivity contribution < 1.29 is 9.84 Å². The molecule has 198 valence electrons. The van der Waals surface area contributed by atoms with Crippen molar-refractivity contribution in [1.82, 2.24) is 24.8 Å². The summed E-state index contributed by atoms with van der Waals surface area (Å²) in [5, 5.41) is 15.0. The molecule has 2 aliphatic heterocycles. The summed E-state index contributed by atoms with van der Waals surface area (Å²) in [7, 11) is 0. The van der Waals surface area contributed by atoms with Crippen molar-refractivity contribution >= 4 is 22.5 Å². The molecule has 0 bridgehead atoms. The van der Waals surface area contributed by atoms with E-state index in [0.717, 1.165) is 84.9 Å². The number of rotatable bonds is 7. The van der Waals surface area contributed by atoms with E-state index in [1.54, 1.807) is 12.5 Å². The van der Waals surface area contributed by atoms with Gasteiger partial charge in [0.15, 0.2) is 6.23 Å². The van der Waals surface area contributed by atoms with Crippen LogP contribution in [0.25, 0.3) is 22.3 Å². The Morgan fingerprint density at radius 2 is 1.92 bits per heavy atom. The van der Waals surface area contributed by atoms with E-state index >= 15 is 0 Å². The highest BCUT2D eigenvalue weighted by Crippen LogP contribution is 2.30. The van der Waals surface area contributed by atoms with Gasteiger partial charge in [-0.2, -0.15) is 0 Å². The van der Waals surface area contributed by atoms with Gasteiger partial charge in [-0.05, 0) is 60.8 Å². The maximum absolute atomic E-state index is 10.8. The molecule has 10 nitrogen and oxygen atoms in total. The molecule has 4 aromatic rings. The molecule has 10 heteroatoms. The van der Waals surface area contributed by atoms with Crippen LogP contribution in [0.5, 0.6) is 0 Å². The minimum Gasteiger partial charge on any atom is -0.378 e. The van der Waals surface area contributed by atoms with Gasteiger partial charge in [0.25, 0.3) is 0 Å². The number of nitrogens with two attached hydrogens (primary N) is 1. The number of piperidine rings is 1. The number of ether oxygens (including phenoxy) is 1. The predicted octanol–water partition coefficient (Wildman–Crippen LogP) is 2.88. The Bertz CT molecular complexity index is 1370. The lowest BCUT2D eigenvalue weighted by Crippen LogP contribution is -2.42. The summed E-state index contributed by atoms with van der Waals surface area (Å²) in [6.45, 7) is 5.82. The van der Waals surface area contributed by atoms with Gasteiger partial charge in [-0.25, -0.2) is 9.97 Å². The van der Waals surface area contributed by atoms with Crippen LogP contribution in [0.4, 0.5) is 11.5 Å². The largest absolute Gasteiger partial charge is 0.378 e. The fraction of sp³-hybridized carbons (Fsp3) is 0.393. The highest BCUT2D eigenvalue weighted by molar-refractivity contribution is 5.92. The fourth-order valence-electron chi connectivity index (χ4n) is 5.32. The van der Waals surface area contributed by atoms with E-state index < -0.39 is 6.23 Å². The minimum atomic E-state index is -0.913. The average Bonchev–Trinajstić information content (AvgIpc) is 3.39. The monoisotopic (exact) mass is 514 g/mol. The number of nitrogens with zero attached hydrogens (tertiary/aromatic N) is 5. The minimum absolute atomic E-state index is 0.240. The number of anilines is 2. The number of H-pyrrole nitrogens is 1. The van der Waals surface area contributed by atoms with E-state index in [2.05, 4.69) is 41.1 Å². The highest BCUT2D eigenvalue weighted by atomic mass is 16.5. The smallest absolute Gasteiger partial charge is 0.168 e. The van der Waals surface area contributed by atoms with E-state index in [1.807, 2.05) is 36.4 Å². The lowest BCUT2D eigenvalue weighted by Gasteiger charge is -2.30. The second-order valence-electron chi connectivity index (χ2n) is 10.1. The van der Waals surface area contributed by atoms with Crippen LogP contribution >= 0.6 is 0 Å². The van der Waals surface area contributed by atoms with Gasteiger partial charge < -0.3 is 30.8 Å². The second kappa shape index (κ2) is 11.0. The number of aromatic amines is 1. The SMILES string of the molecule is N[C@@H]1CCCN(Cc2ccnc(C(O)Nc3ccc(-c4cc5c(N6CCOCC6)ncnc5[nH]4)cc3)c2)C1. The van der Waals surface area contributed by atoms with Crippen molar-refractivity contribution in [2.45, 2.75) is 31.7 Å². The summed E-state index contributed by atoms with van der Waals surface area (Å²) in [5.74, 6) is 0.931. The number of benzene rings is 1. The Morgan fingerprint density at radius 3 is 2.74 bits per heavy atom. The van der Waals surface area contributed by atoms with E-state index in [0.29, 0.717) is 18.9 Å². The molecule has 0 saturated carbocycles. The van der Waals surface area contributed by atoms with Crippen molar-refractivity contribution in [3.05, 3.63) is 66.2 Å². The summed E-state index contributed by atoms with van der Waals surface area (Å²) < 4.78 is 5.49. The zero-order valence-corrected chi connectivity index (χ0v) is 21.4. The molecule has 38 heavy (non-hydrogen) atoms. The Hall–Kier alpha value is -3.57. The van der Waals surface area contributed by atoms with Crippen LogP contribution in [-0.4, -0.2) is 75.4 Å². The Balaban J connectivity index is 1.13. The first-order chi connectivity index (χ1) is 18.6. The van der Waals surface area contributed by atoms with Gasteiger partial charge in [0, 0.05) is 49.8 Å². The second-order valence-corrected chi connectivity index (χ2v) is 10.1. The molecule has 0 spiro atoms. The summed E-state index contributed by atoms with van der Waals surface area (Å²) in [5.41, 5.74) is 11.5. The fourth-order valence-corrected chi connectivity index (χ4v) is 5.32. The first-order valence-corrected chi connectivity index (χ1v) is 13.3. The predicted molar refractivity (Wildman–Crippen MR) is 148 cm³/mol. The zero-order valence-electron chi connectivity index (χ0n) is 21.4. The van der Waals surface area contributed by atoms with Crippen LogP contribution in [0.2, 0.25) is 0 Å². The third-order valence-electron chi connectivity index (χ3n) is 7.29.